The third-order valence-corrected chi connectivity index (χ3v) is 3.39. The van der Waals surface area contributed by atoms with Gasteiger partial charge in [-0.1, -0.05) is 0 Å². The van der Waals surface area contributed by atoms with Crippen LogP contribution in [0.3, 0.4) is 0 Å². The van der Waals surface area contributed by atoms with Crippen LogP contribution in [0.2, 0.25) is 0 Å². The number of hydrogen-bond donors (Lipinski definition) is 2. The van der Waals surface area contributed by atoms with Crippen molar-refractivity contribution in [1.29, 1.82) is 0 Å². The molecular formula is C14H20FN3OS. The molecule has 6 heteroatoms. The number of hydrogen-bond acceptors (Lipinski definition) is 3. The van der Waals surface area contributed by atoms with Crippen LogP contribution in [-0.2, 0) is 4.74 Å². The van der Waals surface area contributed by atoms with E-state index in [4.69, 9.17) is 17.0 Å². The van der Waals surface area contributed by atoms with E-state index in [1.54, 1.807) is 12.1 Å². The SMILES string of the molecule is Fc1ccc(NC(=S)NCCCN2CCOCC2)cc1. The van der Waals surface area contributed by atoms with E-state index in [-0.39, 0.29) is 5.82 Å². The molecule has 1 saturated heterocycles. The lowest BCUT2D eigenvalue weighted by atomic mass is 10.3. The van der Waals surface area contributed by atoms with Gasteiger partial charge in [-0.15, -0.1) is 0 Å². The number of halogens is 1. The zero-order valence-corrected chi connectivity index (χ0v) is 12.2. The van der Waals surface area contributed by atoms with Crippen LogP contribution < -0.4 is 10.6 Å². The van der Waals surface area contributed by atoms with Crippen LogP contribution in [0, 0.1) is 5.82 Å². The summed E-state index contributed by atoms with van der Waals surface area (Å²) < 4.78 is 18.1. The molecule has 1 aromatic rings. The second kappa shape index (κ2) is 8.14. The van der Waals surface area contributed by atoms with Gasteiger partial charge in [-0.25, -0.2) is 4.39 Å². The summed E-state index contributed by atoms with van der Waals surface area (Å²) in [6, 6.07) is 6.14. The van der Waals surface area contributed by atoms with Crippen molar-refractivity contribution in [2.45, 2.75) is 6.42 Å². The van der Waals surface area contributed by atoms with Gasteiger partial charge >= 0.3 is 0 Å². The molecule has 0 radical (unpaired) electrons. The molecule has 4 nitrogen and oxygen atoms in total. The average Bonchev–Trinajstić information content (AvgIpc) is 2.47. The molecule has 0 saturated carbocycles. The van der Waals surface area contributed by atoms with Crippen LogP contribution in [0.25, 0.3) is 0 Å². The molecule has 0 amide bonds. The van der Waals surface area contributed by atoms with Crippen molar-refractivity contribution in [3.05, 3.63) is 30.1 Å². The lowest BCUT2D eigenvalue weighted by molar-refractivity contribution is 0.0376. The van der Waals surface area contributed by atoms with Crippen molar-refractivity contribution < 1.29 is 9.13 Å². The van der Waals surface area contributed by atoms with Crippen LogP contribution in [0.15, 0.2) is 24.3 Å². The van der Waals surface area contributed by atoms with Crippen LogP contribution in [0.4, 0.5) is 10.1 Å². The monoisotopic (exact) mass is 297 g/mol. The van der Waals surface area contributed by atoms with Gasteiger partial charge in [0, 0.05) is 25.3 Å². The first-order valence-corrected chi connectivity index (χ1v) is 7.25. The number of nitrogens with zero attached hydrogens (tertiary/aromatic N) is 1. The predicted octanol–water partition coefficient (Wildman–Crippen LogP) is 1.83. The van der Waals surface area contributed by atoms with Gasteiger partial charge in [0.25, 0.3) is 0 Å². The van der Waals surface area contributed by atoms with Crippen molar-refractivity contribution in [1.82, 2.24) is 10.2 Å². The van der Waals surface area contributed by atoms with E-state index in [0.29, 0.717) is 5.11 Å². The van der Waals surface area contributed by atoms with E-state index in [0.717, 1.165) is 51.5 Å². The lowest BCUT2D eigenvalue weighted by Gasteiger charge is -2.26. The number of nitrogens with one attached hydrogen (secondary N) is 2. The largest absolute Gasteiger partial charge is 0.379 e. The summed E-state index contributed by atoms with van der Waals surface area (Å²) in [5.74, 6) is -0.250. The van der Waals surface area contributed by atoms with Gasteiger partial charge in [-0.2, -0.15) is 0 Å². The van der Waals surface area contributed by atoms with Crippen LogP contribution in [0.1, 0.15) is 6.42 Å². The molecule has 0 aromatic heterocycles. The Morgan fingerprint density at radius 2 is 1.95 bits per heavy atom. The fourth-order valence-corrected chi connectivity index (χ4v) is 2.26. The average molecular weight is 297 g/mol. The number of benzene rings is 1. The summed E-state index contributed by atoms with van der Waals surface area (Å²) in [4.78, 5) is 2.39. The lowest BCUT2D eigenvalue weighted by Crippen LogP contribution is -2.38. The maximum atomic E-state index is 12.8. The Labute approximate surface area is 124 Å². The first-order valence-electron chi connectivity index (χ1n) is 6.84. The zero-order valence-electron chi connectivity index (χ0n) is 11.4. The Kier molecular flexibility index (Phi) is 6.17. The Balaban J connectivity index is 1.59. The van der Waals surface area contributed by atoms with E-state index in [2.05, 4.69) is 15.5 Å². The highest BCUT2D eigenvalue weighted by Crippen LogP contribution is 2.07. The summed E-state index contributed by atoms with van der Waals surface area (Å²) in [5.41, 5.74) is 0.789. The first-order chi connectivity index (χ1) is 9.74. The Bertz CT molecular complexity index is 421. The Morgan fingerprint density at radius 1 is 1.25 bits per heavy atom. The number of anilines is 1. The summed E-state index contributed by atoms with van der Waals surface area (Å²) >= 11 is 5.19. The number of ether oxygens (including phenoxy) is 1. The van der Waals surface area contributed by atoms with Crippen molar-refractivity contribution in [3.63, 3.8) is 0 Å². The first kappa shape index (κ1) is 15.2. The third kappa shape index (κ3) is 5.40. The molecule has 20 heavy (non-hydrogen) atoms. The summed E-state index contributed by atoms with van der Waals surface area (Å²) in [6.07, 6.45) is 1.03. The van der Waals surface area contributed by atoms with E-state index >= 15 is 0 Å². The van der Waals surface area contributed by atoms with Crippen molar-refractivity contribution in [2.75, 3.05) is 44.7 Å². The normalized spacial score (nSPS) is 15.8. The molecule has 0 bridgehead atoms. The molecule has 110 valence electrons. The van der Waals surface area contributed by atoms with E-state index in [9.17, 15) is 4.39 Å². The molecule has 1 aliphatic rings. The highest BCUT2D eigenvalue weighted by Gasteiger charge is 2.09. The van der Waals surface area contributed by atoms with Crippen molar-refractivity contribution >= 4 is 23.0 Å². The highest BCUT2D eigenvalue weighted by molar-refractivity contribution is 7.80. The maximum Gasteiger partial charge on any atom is 0.170 e. The zero-order chi connectivity index (χ0) is 14.2. The summed E-state index contributed by atoms with van der Waals surface area (Å²) in [6.45, 7) is 5.56. The minimum atomic E-state index is -0.250. The van der Waals surface area contributed by atoms with Gasteiger partial charge < -0.3 is 15.4 Å². The number of rotatable bonds is 5. The molecule has 0 unspecified atom stereocenters. The fourth-order valence-electron chi connectivity index (χ4n) is 2.04. The van der Waals surface area contributed by atoms with Gasteiger partial charge in [-0.05, 0) is 49.4 Å². The van der Waals surface area contributed by atoms with E-state index in [1.807, 2.05) is 0 Å². The van der Waals surface area contributed by atoms with E-state index < -0.39 is 0 Å². The molecule has 1 aromatic carbocycles. The second-order valence-corrected chi connectivity index (χ2v) is 5.10. The third-order valence-electron chi connectivity index (χ3n) is 3.14. The van der Waals surface area contributed by atoms with Crippen molar-refractivity contribution in [2.24, 2.45) is 0 Å². The smallest absolute Gasteiger partial charge is 0.170 e. The molecule has 1 aliphatic heterocycles. The molecule has 2 rings (SSSR count). The molecule has 0 aliphatic carbocycles. The second-order valence-electron chi connectivity index (χ2n) is 4.70. The molecule has 2 N–H and O–H groups in total. The minimum absolute atomic E-state index is 0.250. The van der Waals surface area contributed by atoms with Gasteiger partial charge in [0.05, 0.1) is 13.2 Å². The molecule has 0 atom stereocenters. The van der Waals surface area contributed by atoms with Crippen LogP contribution in [-0.4, -0.2) is 49.4 Å². The van der Waals surface area contributed by atoms with E-state index in [1.165, 1.54) is 12.1 Å². The Morgan fingerprint density at radius 3 is 2.65 bits per heavy atom. The number of morpholine rings is 1. The van der Waals surface area contributed by atoms with Crippen LogP contribution in [0.5, 0.6) is 0 Å². The molecule has 1 fully saturated rings. The highest BCUT2D eigenvalue weighted by atomic mass is 32.1. The quantitative estimate of drug-likeness (QED) is 0.640. The summed E-state index contributed by atoms with van der Waals surface area (Å²) in [5, 5.41) is 6.75. The van der Waals surface area contributed by atoms with Gasteiger partial charge in [0.1, 0.15) is 5.82 Å². The number of thiocarbonyl (C=S) groups is 1. The van der Waals surface area contributed by atoms with Gasteiger partial charge in [-0.3, -0.25) is 4.90 Å². The standard InChI is InChI=1S/C14H20FN3OS/c15-12-2-4-13(5-3-12)17-14(20)16-6-1-7-18-8-10-19-11-9-18/h2-5H,1,6-11H2,(H2,16,17,20). The van der Waals surface area contributed by atoms with Crippen LogP contribution >= 0.6 is 12.2 Å². The Hall–Kier alpha value is -1.24. The topological polar surface area (TPSA) is 36.5 Å². The maximum absolute atomic E-state index is 12.8. The molecule has 0 spiro atoms. The van der Waals surface area contributed by atoms with Gasteiger partial charge in [0.15, 0.2) is 5.11 Å². The molecular weight excluding hydrogens is 277 g/mol. The van der Waals surface area contributed by atoms with Crippen molar-refractivity contribution in [3.8, 4) is 0 Å². The van der Waals surface area contributed by atoms with Gasteiger partial charge in [0.2, 0.25) is 0 Å². The minimum Gasteiger partial charge on any atom is -0.379 e. The summed E-state index contributed by atoms with van der Waals surface area (Å²) in [7, 11) is 0. The fraction of sp³-hybridized carbons (Fsp3) is 0.500. The molecule has 1 heterocycles. The predicted molar refractivity (Wildman–Crippen MR) is 82.5 cm³/mol.